The van der Waals surface area contributed by atoms with Gasteiger partial charge < -0.3 is 10.1 Å². The zero-order valence-corrected chi connectivity index (χ0v) is 15.0. The number of fused-ring (bicyclic) bond motifs is 1. The van der Waals surface area contributed by atoms with Crippen LogP contribution < -0.4 is 5.32 Å². The minimum atomic E-state index is -1.15. The molecule has 4 aliphatic rings. The molecule has 1 spiro atoms. The third kappa shape index (κ3) is 2.95. The van der Waals surface area contributed by atoms with Crippen LogP contribution >= 0.6 is 0 Å². The molecule has 1 N–H and O–H groups in total. The van der Waals surface area contributed by atoms with Gasteiger partial charge in [-0.25, -0.2) is 13.2 Å². The molecule has 27 heavy (non-hydrogen) atoms. The lowest BCUT2D eigenvalue weighted by Gasteiger charge is -2.29. The minimum absolute atomic E-state index is 0.0389. The van der Waals surface area contributed by atoms with E-state index in [4.69, 9.17) is 4.74 Å². The number of nitrogens with zero attached hydrogens (tertiary/aromatic N) is 1. The van der Waals surface area contributed by atoms with Gasteiger partial charge in [-0.15, -0.1) is 0 Å². The normalized spacial score (nSPS) is 34.9. The first kappa shape index (κ1) is 17.5. The van der Waals surface area contributed by atoms with Gasteiger partial charge in [-0.2, -0.15) is 0 Å². The Kier molecular flexibility index (Phi) is 4.02. The summed E-state index contributed by atoms with van der Waals surface area (Å²) in [6, 6.07) is 1.63. The van der Waals surface area contributed by atoms with Gasteiger partial charge in [-0.1, -0.05) is 0 Å². The van der Waals surface area contributed by atoms with Gasteiger partial charge in [0.15, 0.2) is 11.6 Å². The number of hydrogen-bond donors (Lipinski definition) is 1. The maximum absolute atomic E-state index is 14.0. The van der Waals surface area contributed by atoms with E-state index in [1.54, 1.807) is 0 Å². The van der Waals surface area contributed by atoms with Gasteiger partial charge >= 0.3 is 0 Å². The van der Waals surface area contributed by atoms with Crippen molar-refractivity contribution in [1.82, 2.24) is 10.2 Å². The molecule has 4 nitrogen and oxygen atoms in total. The van der Waals surface area contributed by atoms with Crippen LogP contribution in [0.4, 0.5) is 13.2 Å². The van der Waals surface area contributed by atoms with Gasteiger partial charge in [0, 0.05) is 55.6 Å². The molecule has 3 aliphatic heterocycles. The number of halogens is 3. The molecule has 1 aromatic rings. The highest BCUT2D eigenvalue weighted by Crippen LogP contribution is 2.54. The highest BCUT2D eigenvalue weighted by Gasteiger charge is 2.62. The summed E-state index contributed by atoms with van der Waals surface area (Å²) >= 11 is 0. The van der Waals surface area contributed by atoms with Gasteiger partial charge in [-0.3, -0.25) is 9.69 Å². The van der Waals surface area contributed by atoms with Crippen LogP contribution in [0.3, 0.4) is 0 Å². The smallest absolute Gasteiger partial charge is 0.223 e. The van der Waals surface area contributed by atoms with Crippen molar-refractivity contribution in [2.24, 2.45) is 17.8 Å². The lowest BCUT2D eigenvalue weighted by molar-refractivity contribution is -0.122. The summed E-state index contributed by atoms with van der Waals surface area (Å²) in [4.78, 5) is 14.0. The third-order valence-electron chi connectivity index (χ3n) is 6.78. The molecule has 0 radical (unpaired) electrons. The van der Waals surface area contributed by atoms with Crippen LogP contribution in [0.1, 0.15) is 31.2 Å². The van der Waals surface area contributed by atoms with E-state index in [0.29, 0.717) is 25.7 Å². The summed E-state index contributed by atoms with van der Waals surface area (Å²) in [7, 11) is 0. The Morgan fingerprint density at radius 2 is 2.07 bits per heavy atom. The summed E-state index contributed by atoms with van der Waals surface area (Å²) in [6.45, 7) is 2.11. The van der Waals surface area contributed by atoms with E-state index in [2.05, 4.69) is 5.32 Å². The van der Waals surface area contributed by atoms with Gasteiger partial charge in [-0.05, 0) is 31.7 Å². The minimum Gasteiger partial charge on any atom is -0.370 e. The monoisotopic (exact) mass is 380 g/mol. The molecule has 146 valence electrons. The van der Waals surface area contributed by atoms with E-state index >= 15 is 0 Å². The first-order valence-electron chi connectivity index (χ1n) is 9.76. The van der Waals surface area contributed by atoms with Crippen LogP contribution in [-0.4, -0.2) is 42.1 Å². The predicted octanol–water partition coefficient (Wildman–Crippen LogP) is 2.61. The fourth-order valence-electron chi connectivity index (χ4n) is 5.35. The van der Waals surface area contributed by atoms with Gasteiger partial charge in [0.25, 0.3) is 0 Å². The summed E-state index contributed by atoms with van der Waals surface area (Å²) in [5.41, 5.74) is -0.223. The number of likely N-dealkylation sites (tertiary alicyclic amines) is 1. The van der Waals surface area contributed by atoms with Crippen LogP contribution in [0.2, 0.25) is 0 Å². The Hall–Kier alpha value is -1.60. The van der Waals surface area contributed by atoms with Crippen molar-refractivity contribution in [1.29, 1.82) is 0 Å². The molecule has 0 aromatic heterocycles. The van der Waals surface area contributed by atoms with E-state index < -0.39 is 17.5 Å². The van der Waals surface area contributed by atoms with Crippen molar-refractivity contribution in [3.8, 4) is 0 Å². The Balaban J connectivity index is 1.29. The molecule has 2 bridgehead atoms. The molecule has 5 rings (SSSR count). The molecular formula is C20H23F3N2O2. The second kappa shape index (κ2) is 6.21. The molecule has 3 heterocycles. The van der Waals surface area contributed by atoms with Crippen molar-refractivity contribution < 1.29 is 22.7 Å². The number of amides is 1. The molecule has 4 atom stereocenters. The number of rotatable bonds is 5. The zero-order chi connectivity index (χ0) is 18.8. The van der Waals surface area contributed by atoms with E-state index in [0.717, 1.165) is 31.7 Å². The largest absolute Gasteiger partial charge is 0.370 e. The number of hydrogen-bond acceptors (Lipinski definition) is 3. The standard InChI is InChI=1S/C20H23F3N2O2/c21-13-5-12(18(23)16(22)6-13)8-25-9-15-14(7-24-19(26)11-1-2-11)17-3-4-20(15,10-25)27-17/h5-6,11,14-15,17H,1-4,7-10H2,(H,24,26)/t14-,15+,17+,20+/m0/s1. The molecule has 4 fully saturated rings. The zero-order valence-electron chi connectivity index (χ0n) is 15.0. The van der Waals surface area contributed by atoms with Crippen molar-refractivity contribution in [3.63, 3.8) is 0 Å². The van der Waals surface area contributed by atoms with Gasteiger partial charge in [0.2, 0.25) is 5.91 Å². The van der Waals surface area contributed by atoms with Gasteiger partial charge in [0.05, 0.1) is 11.7 Å². The summed E-state index contributed by atoms with van der Waals surface area (Å²) in [6.07, 6.45) is 4.05. The average Bonchev–Trinajstić information content (AvgIpc) is 3.22. The molecule has 1 aromatic carbocycles. The SMILES string of the molecule is O=C(NC[C@H]1[C@H]2CN(Cc3cc(F)cc(F)c3F)C[C@]23CC[C@H]1O3)C1CC1. The highest BCUT2D eigenvalue weighted by molar-refractivity contribution is 5.80. The fourth-order valence-corrected chi connectivity index (χ4v) is 5.35. The number of ether oxygens (including phenoxy) is 1. The average molecular weight is 380 g/mol. The van der Waals surface area contributed by atoms with Gasteiger partial charge in [0.1, 0.15) is 5.82 Å². The van der Waals surface area contributed by atoms with Crippen LogP contribution in [0, 0.1) is 35.2 Å². The first-order chi connectivity index (χ1) is 12.9. The van der Waals surface area contributed by atoms with E-state index in [9.17, 15) is 18.0 Å². The Morgan fingerprint density at radius 1 is 1.26 bits per heavy atom. The van der Waals surface area contributed by atoms with Crippen molar-refractivity contribution in [2.45, 2.75) is 43.9 Å². The molecule has 1 aliphatic carbocycles. The molecule has 1 amide bonds. The van der Waals surface area contributed by atoms with Crippen molar-refractivity contribution in [3.05, 3.63) is 35.1 Å². The first-order valence-corrected chi connectivity index (χ1v) is 9.76. The van der Waals surface area contributed by atoms with Crippen molar-refractivity contribution >= 4 is 5.91 Å². The molecule has 7 heteroatoms. The maximum Gasteiger partial charge on any atom is 0.223 e. The van der Waals surface area contributed by atoms with Crippen LogP contribution in [0.5, 0.6) is 0 Å². The molecule has 3 saturated heterocycles. The Morgan fingerprint density at radius 3 is 2.85 bits per heavy atom. The lowest BCUT2D eigenvalue weighted by Crippen LogP contribution is -2.42. The van der Waals surface area contributed by atoms with E-state index in [1.807, 2.05) is 4.90 Å². The summed E-state index contributed by atoms with van der Waals surface area (Å²) in [5.74, 6) is -2.06. The van der Waals surface area contributed by atoms with Crippen molar-refractivity contribution in [2.75, 3.05) is 19.6 Å². The fraction of sp³-hybridized carbons (Fsp3) is 0.650. The van der Waals surface area contributed by atoms with Crippen LogP contribution in [0.15, 0.2) is 12.1 Å². The second-order valence-corrected chi connectivity index (χ2v) is 8.58. The number of benzene rings is 1. The number of nitrogens with one attached hydrogen (secondary N) is 1. The molecule has 1 saturated carbocycles. The number of carbonyl (C=O) groups is 1. The quantitative estimate of drug-likeness (QED) is 0.799. The van der Waals surface area contributed by atoms with E-state index in [-0.39, 0.29) is 47.5 Å². The van der Waals surface area contributed by atoms with Crippen LogP contribution in [-0.2, 0) is 16.1 Å². The lowest BCUT2D eigenvalue weighted by atomic mass is 9.73. The third-order valence-corrected chi connectivity index (χ3v) is 6.78. The summed E-state index contributed by atoms with van der Waals surface area (Å²) < 4.78 is 47.3. The molecular weight excluding hydrogens is 357 g/mol. The second-order valence-electron chi connectivity index (χ2n) is 8.58. The van der Waals surface area contributed by atoms with Crippen LogP contribution in [0.25, 0.3) is 0 Å². The maximum atomic E-state index is 14.0. The Labute approximate surface area is 156 Å². The van der Waals surface area contributed by atoms with E-state index in [1.165, 1.54) is 0 Å². The highest BCUT2D eigenvalue weighted by atomic mass is 19.2. The topological polar surface area (TPSA) is 41.6 Å². The Bertz CT molecular complexity index is 785. The summed E-state index contributed by atoms with van der Waals surface area (Å²) in [5, 5.41) is 3.07. The molecule has 0 unspecified atom stereocenters. The predicted molar refractivity (Wildman–Crippen MR) is 91.1 cm³/mol. The number of carbonyl (C=O) groups excluding carboxylic acids is 1.